The van der Waals surface area contributed by atoms with Gasteiger partial charge < -0.3 is 4.74 Å². The fourth-order valence-electron chi connectivity index (χ4n) is 2.00. The molecular weight excluding hydrogens is 424 g/mol. The lowest BCUT2D eigenvalue weighted by Gasteiger charge is -2.03. The monoisotopic (exact) mass is 434 g/mol. The van der Waals surface area contributed by atoms with Gasteiger partial charge in [0.15, 0.2) is 0 Å². The van der Waals surface area contributed by atoms with E-state index in [0.717, 1.165) is 20.1 Å². The quantitative estimate of drug-likeness (QED) is 0.589. The maximum Gasteiger partial charge on any atom is 0.356 e. The number of nitrogens with zero attached hydrogens (tertiary/aromatic N) is 1. The van der Waals surface area contributed by atoms with Crippen molar-refractivity contribution in [2.75, 3.05) is 0 Å². The standard InChI is InChI=1S/C17H12Br2N2O2/c18-13-5-1-11(2-6-13)10-23-17(22)16-9-15(20-21-16)12-3-7-14(19)8-4-12/h1-9H,10H2,(H,20,21). The van der Waals surface area contributed by atoms with E-state index < -0.39 is 5.97 Å². The van der Waals surface area contributed by atoms with Crippen LogP contribution in [0, 0.1) is 0 Å². The number of hydrogen-bond donors (Lipinski definition) is 1. The number of carbonyl (C=O) groups is 1. The number of ether oxygens (including phenoxy) is 1. The van der Waals surface area contributed by atoms with E-state index in [2.05, 4.69) is 42.1 Å². The highest BCUT2D eigenvalue weighted by Gasteiger charge is 2.12. The number of aromatic nitrogens is 2. The Bertz CT molecular complexity index is 811. The Kier molecular flexibility index (Phi) is 4.93. The zero-order valence-electron chi connectivity index (χ0n) is 11.9. The zero-order chi connectivity index (χ0) is 16.2. The van der Waals surface area contributed by atoms with Crippen LogP contribution in [0.3, 0.4) is 0 Å². The van der Waals surface area contributed by atoms with E-state index in [1.54, 1.807) is 6.07 Å². The number of nitrogens with one attached hydrogen (secondary N) is 1. The van der Waals surface area contributed by atoms with Crippen molar-refractivity contribution < 1.29 is 9.53 Å². The molecule has 2 aromatic carbocycles. The van der Waals surface area contributed by atoms with Crippen molar-refractivity contribution in [1.29, 1.82) is 0 Å². The lowest BCUT2D eigenvalue weighted by Crippen LogP contribution is -2.05. The van der Waals surface area contributed by atoms with Gasteiger partial charge in [0, 0.05) is 14.5 Å². The lowest BCUT2D eigenvalue weighted by atomic mass is 10.1. The van der Waals surface area contributed by atoms with E-state index in [0.29, 0.717) is 11.4 Å². The molecule has 0 atom stereocenters. The van der Waals surface area contributed by atoms with Crippen LogP contribution in [-0.2, 0) is 11.3 Å². The van der Waals surface area contributed by atoms with Crippen molar-refractivity contribution in [3.05, 3.63) is 74.8 Å². The van der Waals surface area contributed by atoms with E-state index in [9.17, 15) is 4.79 Å². The van der Waals surface area contributed by atoms with Crippen LogP contribution in [0.25, 0.3) is 11.3 Å². The third-order valence-electron chi connectivity index (χ3n) is 3.22. The second-order valence-corrected chi connectivity index (χ2v) is 6.71. The molecule has 3 rings (SSSR count). The van der Waals surface area contributed by atoms with Crippen LogP contribution in [0.15, 0.2) is 63.5 Å². The van der Waals surface area contributed by atoms with Gasteiger partial charge in [-0.1, -0.05) is 56.1 Å². The molecule has 6 heteroatoms. The Labute approximate surface area is 150 Å². The molecule has 0 saturated heterocycles. The Hall–Kier alpha value is -1.92. The average Bonchev–Trinajstić information content (AvgIpc) is 3.05. The molecule has 4 nitrogen and oxygen atoms in total. The lowest BCUT2D eigenvalue weighted by molar-refractivity contribution is 0.0465. The first-order valence-corrected chi connectivity index (χ1v) is 8.43. The second kappa shape index (κ2) is 7.10. The summed E-state index contributed by atoms with van der Waals surface area (Å²) in [6.07, 6.45) is 0. The summed E-state index contributed by atoms with van der Waals surface area (Å²) in [5.74, 6) is -0.427. The summed E-state index contributed by atoms with van der Waals surface area (Å²) >= 11 is 6.76. The van der Waals surface area contributed by atoms with Gasteiger partial charge in [0.25, 0.3) is 0 Å². The molecule has 0 aliphatic rings. The maximum atomic E-state index is 12.1. The Balaban J connectivity index is 1.66. The van der Waals surface area contributed by atoms with Crippen LogP contribution >= 0.6 is 31.9 Å². The predicted molar refractivity (Wildman–Crippen MR) is 95.0 cm³/mol. The molecule has 0 fully saturated rings. The number of carbonyl (C=O) groups excluding carboxylic acids is 1. The fraction of sp³-hybridized carbons (Fsp3) is 0.0588. The molecule has 1 N–H and O–H groups in total. The molecule has 0 unspecified atom stereocenters. The molecule has 0 amide bonds. The van der Waals surface area contributed by atoms with Crippen molar-refractivity contribution >= 4 is 37.8 Å². The minimum absolute atomic E-state index is 0.221. The molecule has 0 saturated carbocycles. The Morgan fingerprint density at radius 3 is 2.26 bits per heavy atom. The van der Waals surface area contributed by atoms with Crippen LogP contribution in [0.5, 0.6) is 0 Å². The number of H-pyrrole nitrogens is 1. The number of hydrogen-bond acceptors (Lipinski definition) is 3. The number of aromatic amines is 1. The van der Waals surface area contributed by atoms with E-state index in [1.165, 1.54) is 0 Å². The van der Waals surface area contributed by atoms with E-state index in [-0.39, 0.29) is 6.61 Å². The van der Waals surface area contributed by atoms with Gasteiger partial charge in [0.05, 0.1) is 5.69 Å². The first-order chi connectivity index (χ1) is 11.1. The van der Waals surface area contributed by atoms with E-state index in [1.807, 2.05) is 48.5 Å². The first kappa shape index (κ1) is 16.0. The fourth-order valence-corrected chi connectivity index (χ4v) is 2.53. The van der Waals surface area contributed by atoms with Gasteiger partial charge in [-0.15, -0.1) is 0 Å². The van der Waals surface area contributed by atoms with Gasteiger partial charge in [-0.2, -0.15) is 5.10 Å². The smallest absolute Gasteiger partial charge is 0.356 e. The summed E-state index contributed by atoms with van der Waals surface area (Å²) in [6, 6.07) is 17.0. The van der Waals surface area contributed by atoms with Gasteiger partial charge >= 0.3 is 5.97 Å². The molecule has 0 aliphatic carbocycles. The summed E-state index contributed by atoms with van der Waals surface area (Å²) < 4.78 is 7.27. The predicted octanol–water partition coefficient (Wildman–Crippen LogP) is 4.96. The summed E-state index contributed by atoms with van der Waals surface area (Å²) in [7, 11) is 0. The van der Waals surface area contributed by atoms with Gasteiger partial charge in [0.2, 0.25) is 0 Å². The number of esters is 1. The van der Waals surface area contributed by atoms with Crippen LogP contribution in [0.2, 0.25) is 0 Å². The highest BCUT2D eigenvalue weighted by Crippen LogP contribution is 2.21. The van der Waals surface area contributed by atoms with Gasteiger partial charge in [0.1, 0.15) is 12.3 Å². The van der Waals surface area contributed by atoms with Crippen molar-refractivity contribution in [2.45, 2.75) is 6.61 Å². The Morgan fingerprint density at radius 1 is 1.00 bits per heavy atom. The highest BCUT2D eigenvalue weighted by molar-refractivity contribution is 9.10. The number of halogens is 2. The van der Waals surface area contributed by atoms with Gasteiger partial charge in [-0.25, -0.2) is 4.79 Å². The van der Waals surface area contributed by atoms with Gasteiger partial charge in [-0.3, -0.25) is 5.10 Å². The summed E-state index contributed by atoms with van der Waals surface area (Å²) in [5.41, 5.74) is 2.89. The number of rotatable bonds is 4. The minimum atomic E-state index is -0.427. The molecule has 1 heterocycles. The van der Waals surface area contributed by atoms with Crippen molar-refractivity contribution in [2.24, 2.45) is 0 Å². The van der Waals surface area contributed by atoms with Gasteiger partial charge in [-0.05, 0) is 35.9 Å². The summed E-state index contributed by atoms with van der Waals surface area (Å²) in [4.78, 5) is 12.1. The molecule has 1 aromatic heterocycles. The topological polar surface area (TPSA) is 55.0 Å². The van der Waals surface area contributed by atoms with Crippen LogP contribution < -0.4 is 0 Å². The van der Waals surface area contributed by atoms with Crippen LogP contribution in [-0.4, -0.2) is 16.2 Å². The van der Waals surface area contributed by atoms with E-state index in [4.69, 9.17) is 4.74 Å². The zero-order valence-corrected chi connectivity index (χ0v) is 15.1. The molecule has 0 spiro atoms. The van der Waals surface area contributed by atoms with Crippen LogP contribution in [0.1, 0.15) is 16.1 Å². The molecule has 0 aliphatic heterocycles. The third kappa shape index (κ3) is 4.09. The molecule has 0 bridgehead atoms. The SMILES string of the molecule is O=C(OCc1ccc(Br)cc1)c1cc(-c2ccc(Br)cc2)n[nH]1. The largest absolute Gasteiger partial charge is 0.456 e. The molecule has 0 radical (unpaired) electrons. The molecular formula is C17H12Br2N2O2. The Morgan fingerprint density at radius 2 is 1.61 bits per heavy atom. The highest BCUT2D eigenvalue weighted by atomic mass is 79.9. The summed E-state index contributed by atoms with van der Waals surface area (Å²) in [5, 5.41) is 6.88. The van der Waals surface area contributed by atoms with Crippen LogP contribution in [0.4, 0.5) is 0 Å². The third-order valence-corrected chi connectivity index (χ3v) is 4.28. The van der Waals surface area contributed by atoms with Crippen molar-refractivity contribution in [3.63, 3.8) is 0 Å². The first-order valence-electron chi connectivity index (χ1n) is 6.85. The van der Waals surface area contributed by atoms with E-state index >= 15 is 0 Å². The average molecular weight is 436 g/mol. The molecule has 3 aromatic rings. The second-order valence-electron chi connectivity index (χ2n) is 4.88. The molecule has 23 heavy (non-hydrogen) atoms. The molecule has 116 valence electrons. The van der Waals surface area contributed by atoms with Crippen molar-refractivity contribution in [3.8, 4) is 11.3 Å². The van der Waals surface area contributed by atoms with Crippen molar-refractivity contribution in [1.82, 2.24) is 10.2 Å². The maximum absolute atomic E-state index is 12.1. The number of benzene rings is 2. The summed E-state index contributed by atoms with van der Waals surface area (Å²) in [6.45, 7) is 0.221. The minimum Gasteiger partial charge on any atom is -0.456 e. The normalized spacial score (nSPS) is 10.5.